The molecule has 0 aliphatic rings. The van der Waals surface area contributed by atoms with Crippen molar-refractivity contribution in [1.29, 1.82) is 0 Å². The van der Waals surface area contributed by atoms with Crippen molar-refractivity contribution in [2.75, 3.05) is 6.61 Å². The zero-order chi connectivity index (χ0) is 19.6. The van der Waals surface area contributed by atoms with Gasteiger partial charge >= 0.3 is 11.9 Å². The average molecular weight is 371 g/mol. The molecule has 0 radical (unpaired) electrons. The van der Waals surface area contributed by atoms with E-state index in [9.17, 15) is 9.59 Å². The fraction of sp³-hybridized carbons (Fsp3) is 0.909. The van der Waals surface area contributed by atoms with Crippen LogP contribution in [0, 0.1) is 5.92 Å². The summed E-state index contributed by atoms with van der Waals surface area (Å²) in [5.41, 5.74) is 0. The van der Waals surface area contributed by atoms with E-state index >= 15 is 0 Å². The van der Waals surface area contributed by atoms with Crippen LogP contribution in [-0.4, -0.2) is 24.6 Å². The molecule has 0 aromatic rings. The van der Waals surface area contributed by atoms with Crippen molar-refractivity contribution in [3.8, 4) is 0 Å². The summed E-state index contributed by atoms with van der Waals surface area (Å²) in [5, 5.41) is 0. The Balaban J connectivity index is 3.56. The number of rotatable bonds is 17. The van der Waals surface area contributed by atoms with Gasteiger partial charge in [0.1, 0.15) is 6.10 Å². The van der Waals surface area contributed by atoms with Gasteiger partial charge in [0.2, 0.25) is 0 Å². The van der Waals surface area contributed by atoms with Gasteiger partial charge in [0.05, 0.1) is 6.61 Å². The molecule has 4 nitrogen and oxygen atoms in total. The molecule has 2 atom stereocenters. The summed E-state index contributed by atoms with van der Waals surface area (Å²) < 4.78 is 10.8. The lowest BCUT2D eigenvalue weighted by Gasteiger charge is -2.22. The van der Waals surface area contributed by atoms with E-state index in [4.69, 9.17) is 9.47 Å². The lowest BCUT2D eigenvalue weighted by Crippen LogP contribution is -2.24. The Morgan fingerprint density at radius 2 is 1.35 bits per heavy atom. The highest BCUT2D eigenvalue weighted by Gasteiger charge is 2.18. The third kappa shape index (κ3) is 14.1. The van der Waals surface area contributed by atoms with Gasteiger partial charge in [-0.25, -0.2) is 0 Å². The smallest absolute Gasteiger partial charge is 0.306 e. The monoisotopic (exact) mass is 370 g/mol. The lowest BCUT2D eigenvalue weighted by atomic mass is 9.97. The Labute approximate surface area is 161 Å². The van der Waals surface area contributed by atoms with Gasteiger partial charge in [0.25, 0.3) is 0 Å². The van der Waals surface area contributed by atoms with Crippen molar-refractivity contribution in [2.45, 2.75) is 117 Å². The highest BCUT2D eigenvalue weighted by Crippen LogP contribution is 2.18. The van der Waals surface area contributed by atoms with Crippen molar-refractivity contribution < 1.29 is 19.1 Å². The van der Waals surface area contributed by atoms with Crippen LogP contribution >= 0.6 is 0 Å². The molecule has 0 bridgehead atoms. The van der Waals surface area contributed by atoms with Crippen LogP contribution in [0.5, 0.6) is 0 Å². The Morgan fingerprint density at radius 1 is 0.769 bits per heavy atom. The molecule has 0 fully saturated rings. The first-order chi connectivity index (χ1) is 12.5. The predicted octanol–water partition coefficient (Wildman–Crippen LogP) is 6.21. The number of carbonyl (C=O) groups excluding carboxylic acids is 2. The topological polar surface area (TPSA) is 52.6 Å². The molecule has 4 heteroatoms. The van der Waals surface area contributed by atoms with Crippen LogP contribution < -0.4 is 0 Å². The average Bonchev–Trinajstić information content (AvgIpc) is 2.62. The maximum Gasteiger partial charge on any atom is 0.306 e. The number of esters is 2. The van der Waals surface area contributed by atoms with E-state index < -0.39 is 0 Å². The van der Waals surface area contributed by atoms with Crippen molar-refractivity contribution in [1.82, 2.24) is 0 Å². The maximum absolute atomic E-state index is 12.0. The van der Waals surface area contributed by atoms with Crippen LogP contribution in [-0.2, 0) is 19.1 Å². The van der Waals surface area contributed by atoms with Gasteiger partial charge in [-0.15, -0.1) is 0 Å². The van der Waals surface area contributed by atoms with Crippen LogP contribution in [0.1, 0.15) is 111 Å². The van der Waals surface area contributed by atoms with Gasteiger partial charge in [0, 0.05) is 12.8 Å². The van der Waals surface area contributed by atoms with Crippen LogP contribution in [0.25, 0.3) is 0 Å². The number of hydrogen-bond donors (Lipinski definition) is 0. The van der Waals surface area contributed by atoms with Crippen LogP contribution in [0.3, 0.4) is 0 Å². The molecule has 0 aliphatic carbocycles. The van der Waals surface area contributed by atoms with E-state index in [0.717, 1.165) is 70.6 Å². The molecule has 0 amide bonds. The first kappa shape index (κ1) is 24.9. The zero-order valence-corrected chi connectivity index (χ0v) is 17.7. The fourth-order valence-electron chi connectivity index (χ4n) is 3.12. The van der Waals surface area contributed by atoms with Crippen LogP contribution in [0.4, 0.5) is 0 Å². The Kier molecular flexibility index (Phi) is 16.7. The summed E-state index contributed by atoms with van der Waals surface area (Å²) in [5.74, 6) is 0.334. The van der Waals surface area contributed by atoms with Crippen molar-refractivity contribution >= 4 is 11.9 Å². The molecule has 154 valence electrons. The van der Waals surface area contributed by atoms with Gasteiger partial charge in [-0.2, -0.15) is 0 Å². The minimum absolute atomic E-state index is 0.0466. The number of carbonyl (C=O) groups is 2. The summed E-state index contributed by atoms with van der Waals surface area (Å²) in [6, 6.07) is 0. The van der Waals surface area contributed by atoms with Crippen LogP contribution in [0.2, 0.25) is 0 Å². The Morgan fingerprint density at radius 3 is 1.88 bits per heavy atom. The third-order valence-corrected chi connectivity index (χ3v) is 4.84. The van der Waals surface area contributed by atoms with Crippen molar-refractivity contribution in [2.24, 2.45) is 5.92 Å². The molecule has 0 rings (SSSR count). The molecule has 0 heterocycles. The maximum atomic E-state index is 12.0. The minimum Gasteiger partial charge on any atom is -0.466 e. The molecular formula is C22H42O4. The standard InChI is InChI=1S/C22H42O4/c1-5-8-18-25-21(23)16-13-11-9-10-12-14-17-22(24)26-20(7-3)19(4)15-6-2/h19-20H,5-18H2,1-4H3. The zero-order valence-electron chi connectivity index (χ0n) is 17.7. The molecule has 0 aromatic carbocycles. The van der Waals surface area contributed by atoms with Crippen molar-refractivity contribution in [3.05, 3.63) is 0 Å². The molecule has 0 saturated carbocycles. The second kappa shape index (κ2) is 17.4. The SMILES string of the molecule is CCCCOC(=O)CCCCCCCCC(=O)OC(CC)C(C)CCC. The van der Waals surface area contributed by atoms with Gasteiger partial charge in [-0.1, -0.05) is 66.2 Å². The number of ether oxygens (including phenoxy) is 2. The summed E-state index contributed by atoms with van der Waals surface area (Å²) in [7, 11) is 0. The third-order valence-electron chi connectivity index (χ3n) is 4.84. The van der Waals surface area contributed by atoms with E-state index in [2.05, 4.69) is 27.7 Å². The van der Waals surface area contributed by atoms with E-state index in [-0.39, 0.29) is 18.0 Å². The molecular weight excluding hydrogens is 328 g/mol. The van der Waals surface area contributed by atoms with E-state index in [1.54, 1.807) is 0 Å². The molecule has 0 saturated heterocycles. The summed E-state index contributed by atoms with van der Waals surface area (Å²) >= 11 is 0. The normalized spacial score (nSPS) is 13.2. The van der Waals surface area contributed by atoms with E-state index in [1.165, 1.54) is 0 Å². The van der Waals surface area contributed by atoms with Gasteiger partial charge in [-0.05, 0) is 38.0 Å². The highest BCUT2D eigenvalue weighted by molar-refractivity contribution is 5.69. The Bertz CT molecular complexity index is 354. The summed E-state index contributed by atoms with van der Waals surface area (Å²) in [6.07, 6.45) is 12.4. The van der Waals surface area contributed by atoms with Gasteiger partial charge < -0.3 is 9.47 Å². The molecule has 0 aromatic heterocycles. The second-order valence-electron chi connectivity index (χ2n) is 7.40. The van der Waals surface area contributed by atoms with Gasteiger partial charge in [0.15, 0.2) is 0 Å². The molecule has 26 heavy (non-hydrogen) atoms. The fourth-order valence-corrected chi connectivity index (χ4v) is 3.12. The summed E-state index contributed by atoms with van der Waals surface area (Å²) in [4.78, 5) is 23.4. The number of unbranched alkanes of at least 4 members (excludes halogenated alkanes) is 6. The quantitative estimate of drug-likeness (QED) is 0.226. The Hall–Kier alpha value is -1.06. The first-order valence-corrected chi connectivity index (χ1v) is 10.9. The number of hydrogen-bond acceptors (Lipinski definition) is 4. The van der Waals surface area contributed by atoms with E-state index in [1.807, 2.05) is 0 Å². The van der Waals surface area contributed by atoms with E-state index in [0.29, 0.717) is 25.4 Å². The molecule has 0 N–H and O–H groups in total. The van der Waals surface area contributed by atoms with Crippen LogP contribution in [0.15, 0.2) is 0 Å². The molecule has 0 aliphatic heterocycles. The minimum atomic E-state index is -0.0658. The first-order valence-electron chi connectivity index (χ1n) is 10.9. The molecule has 0 spiro atoms. The predicted molar refractivity (Wildman–Crippen MR) is 107 cm³/mol. The highest BCUT2D eigenvalue weighted by atomic mass is 16.5. The largest absolute Gasteiger partial charge is 0.466 e. The van der Waals surface area contributed by atoms with Gasteiger partial charge in [-0.3, -0.25) is 9.59 Å². The molecule has 2 unspecified atom stereocenters. The second-order valence-corrected chi connectivity index (χ2v) is 7.40. The summed E-state index contributed by atoms with van der Waals surface area (Å²) in [6.45, 7) is 9.07. The lowest BCUT2D eigenvalue weighted by molar-refractivity contribution is -0.152. The van der Waals surface area contributed by atoms with Crippen molar-refractivity contribution in [3.63, 3.8) is 0 Å².